The van der Waals surface area contributed by atoms with E-state index in [0.29, 0.717) is 11.5 Å². The van der Waals surface area contributed by atoms with E-state index < -0.39 is 4.92 Å². The van der Waals surface area contributed by atoms with Gasteiger partial charge in [-0.05, 0) is 16.6 Å². The van der Waals surface area contributed by atoms with Gasteiger partial charge in [0.25, 0.3) is 4.96 Å². The van der Waals surface area contributed by atoms with E-state index >= 15 is 0 Å². The van der Waals surface area contributed by atoms with E-state index in [4.69, 9.17) is 0 Å². The second-order valence-corrected chi connectivity index (χ2v) is 4.68. The summed E-state index contributed by atoms with van der Waals surface area (Å²) in [5.74, 6) is 0.237. The zero-order chi connectivity index (χ0) is 13.2. The van der Waals surface area contributed by atoms with E-state index in [2.05, 4.69) is 15.3 Å². The fraction of sp³-hybridized carbons (Fsp3) is 0.0909. The molecule has 0 spiro atoms. The Bertz CT molecular complexity index is 721. The first-order valence-electron chi connectivity index (χ1n) is 5.48. The van der Waals surface area contributed by atoms with Crippen LogP contribution < -0.4 is 5.32 Å². The fourth-order valence-corrected chi connectivity index (χ4v) is 2.46. The van der Waals surface area contributed by atoms with E-state index in [1.54, 1.807) is 24.0 Å². The van der Waals surface area contributed by atoms with Gasteiger partial charge in [0.15, 0.2) is 0 Å². The molecule has 0 aliphatic heterocycles. The lowest BCUT2D eigenvalue weighted by Gasteiger charge is -2.02. The number of anilines is 1. The number of hydrogen-bond donors (Lipinski definition) is 1. The molecule has 0 saturated heterocycles. The minimum absolute atomic E-state index is 0.0415. The Kier molecular flexibility index (Phi) is 2.84. The standard InChI is InChI=1S/C11H9N5O2S/c17-16(18)10-9(14-11-15(10)4-5-19-11)13-7-8-2-1-3-12-6-8/h1-6,13H,7H2. The number of nitrogens with zero attached hydrogens (tertiary/aromatic N) is 4. The minimum Gasteiger partial charge on any atom is -0.359 e. The van der Waals surface area contributed by atoms with Crippen molar-refractivity contribution in [3.05, 3.63) is 51.8 Å². The first kappa shape index (κ1) is 11.6. The number of hydrogen-bond acceptors (Lipinski definition) is 6. The highest BCUT2D eigenvalue weighted by Gasteiger charge is 2.23. The molecule has 0 amide bonds. The number of fused-ring (bicyclic) bond motifs is 1. The molecule has 0 radical (unpaired) electrons. The molecule has 96 valence electrons. The van der Waals surface area contributed by atoms with Crippen molar-refractivity contribution in [2.45, 2.75) is 6.54 Å². The van der Waals surface area contributed by atoms with Crippen LogP contribution in [0.25, 0.3) is 4.96 Å². The molecule has 0 aromatic carbocycles. The summed E-state index contributed by atoms with van der Waals surface area (Å²) in [5, 5.41) is 15.8. The molecule has 3 heterocycles. The van der Waals surface area contributed by atoms with Crippen LogP contribution in [0.1, 0.15) is 5.56 Å². The highest BCUT2D eigenvalue weighted by Crippen LogP contribution is 2.28. The number of imidazole rings is 1. The predicted octanol–water partition coefficient (Wildman–Crippen LogP) is 2.31. The van der Waals surface area contributed by atoms with Gasteiger partial charge in [-0.1, -0.05) is 17.4 Å². The Morgan fingerprint density at radius 2 is 2.42 bits per heavy atom. The predicted molar refractivity (Wildman–Crippen MR) is 71.3 cm³/mol. The summed E-state index contributed by atoms with van der Waals surface area (Å²) in [6.07, 6.45) is 5.02. The SMILES string of the molecule is O=[N+]([O-])c1c(NCc2cccnc2)nc2sccn12. The lowest BCUT2D eigenvalue weighted by Crippen LogP contribution is -2.03. The third-order valence-electron chi connectivity index (χ3n) is 2.59. The maximum atomic E-state index is 11.1. The number of thiazole rings is 1. The van der Waals surface area contributed by atoms with Crippen molar-refractivity contribution in [2.24, 2.45) is 0 Å². The molecule has 0 aliphatic carbocycles. The quantitative estimate of drug-likeness (QED) is 0.583. The van der Waals surface area contributed by atoms with Gasteiger partial charge in [-0.2, -0.15) is 9.38 Å². The third kappa shape index (κ3) is 2.13. The van der Waals surface area contributed by atoms with Crippen LogP contribution in [0.2, 0.25) is 0 Å². The maximum absolute atomic E-state index is 11.1. The molecule has 19 heavy (non-hydrogen) atoms. The molecule has 0 bridgehead atoms. The summed E-state index contributed by atoms with van der Waals surface area (Å²) in [7, 11) is 0. The first-order valence-corrected chi connectivity index (χ1v) is 6.36. The molecule has 7 nitrogen and oxygen atoms in total. The summed E-state index contributed by atoms with van der Waals surface area (Å²) in [5.41, 5.74) is 0.938. The molecule has 3 aromatic rings. The van der Waals surface area contributed by atoms with Gasteiger partial charge in [-0.15, -0.1) is 0 Å². The maximum Gasteiger partial charge on any atom is 0.372 e. The summed E-state index contributed by atoms with van der Waals surface area (Å²) in [6.45, 7) is 0.444. The van der Waals surface area contributed by atoms with Crippen LogP contribution in [-0.2, 0) is 6.54 Å². The molecule has 0 atom stereocenters. The monoisotopic (exact) mass is 275 g/mol. The number of pyridine rings is 1. The molecule has 0 fully saturated rings. The lowest BCUT2D eigenvalue weighted by atomic mass is 10.3. The summed E-state index contributed by atoms with van der Waals surface area (Å²) >= 11 is 1.36. The average molecular weight is 275 g/mol. The zero-order valence-electron chi connectivity index (χ0n) is 9.68. The molecule has 8 heteroatoms. The van der Waals surface area contributed by atoms with Crippen LogP contribution >= 0.6 is 11.3 Å². The van der Waals surface area contributed by atoms with Crippen molar-refractivity contribution in [1.29, 1.82) is 0 Å². The smallest absolute Gasteiger partial charge is 0.359 e. The Hall–Kier alpha value is -2.48. The van der Waals surface area contributed by atoms with Crippen molar-refractivity contribution in [2.75, 3.05) is 5.32 Å². The van der Waals surface area contributed by atoms with E-state index in [1.807, 2.05) is 12.1 Å². The van der Waals surface area contributed by atoms with Crippen molar-refractivity contribution < 1.29 is 4.92 Å². The summed E-state index contributed by atoms with van der Waals surface area (Å²) in [4.78, 5) is 19.5. The largest absolute Gasteiger partial charge is 0.372 e. The zero-order valence-corrected chi connectivity index (χ0v) is 10.5. The highest BCUT2D eigenvalue weighted by molar-refractivity contribution is 7.15. The lowest BCUT2D eigenvalue weighted by molar-refractivity contribution is -0.389. The second-order valence-electron chi connectivity index (χ2n) is 3.81. The highest BCUT2D eigenvalue weighted by atomic mass is 32.1. The van der Waals surface area contributed by atoms with Crippen LogP contribution in [0.3, 0.4) is 0 Å². The Morgan fingerprint density at radius 3 is 3.16 bits per heavy atom. The van der Waals surface area contributed by atoms with Gasteiger partial charge in [-0.3, -0.25) is 4.98 Å². The van der Waals surface area contributed by atoms with Gasteiger partial charge in [-0.25, -0.2) is 0 Å². The van der Waals surface area contributed by atoms with Crippen LogP contribution in [0, 0.1) is 10.1 Å². The molecule has 3 rings (SSSR count). The molecular weight excluding hydrogens is 266 g/mol. The fourth-order valence-electron chi connectivity index (χ4n) is 1.76. The van der Waals surface area contributed by atoms with Gasteiger partial charge in [0.2, 0.25) is 5.82 Å². The van der Waals surface area contributed by atoms with Crippen LogP contribution in [0.4, 0.5) is 11.6 Å². The van der Waals surface area contributed by atoms with E-state index in [0.717, 1.165) is 5.56 Å². The number of aromatic nitrogens is 3. The van der Waals surface area contributed by atoms with Crippen LogP contribution in [0.15, 0.2) is 36.1 Å². The summed E-state index contributed by atoms with van der Waals surface area (Å²) < 4.78 is 1.47. The number of nitrogens with one attached hydrogen (secondary N) is 1. The van der Waals surface area contributed by atoms with Crippen LogP contribution in [-0.4, -0.2) is 19.3 Å². The Morgan fingerprint density at radius 1 is 1.53 bits per heavy atom. The average Bonchev–Trinajstić information content (AvgIpc) is 2.96. The summed E-state index contributed by atoms with van der Waals surface area (Å²) in [6, 6.07) is 3.71. The van der Waals surface area contributed by atoms with Gasteiger partial charge < -0.3 is 15.4 Å². The van der Waals surface area contributed by atoms with Gasteiger partial charge in [0.05, 0.1) is 0 Å². The van der Waals surface area contributed by atoms with Gasteiger partial charge >= 0.3 is 5.82 Å². The number of rotatable bonds is 4. The van der Waals surface area contributed by atoms with E-state index in [1.165, 1.54) is 15.7 Å². The Balaban J connectivity index is 1.90. The normalized spacial score (nSPS) is 10.7. The minimum atomic E-state index is -0.432. The Labute approximate surface area is 111 Å². The van der Waals surface area contributed by atoms with E-state index in [-0.39, 0.29) is 11.6 Å². The molecule has 0 aliphatic rings. The van der Waals surface area contributed by atoms with E-state index in [9.17, 15) is 10.1 Å². The van der Waals surface area contributed by atoms with Crippen molar-refractivity contribution in [1.82, 2.24) is 14.4 Å². The van der Waals surface area contributed by atoms with Crippen molar-refractivity contribution in [3.8, 4) is 0 Å². The first-order chi connectivity index (χ1) is 9.25. The van der Waals surface area contributed by atoms with Gasteiger partial charge in [0.1, 0.15) is 6.20 Å². The molecular formula is C11H9N5O2S. The molecule has 3 aromatic heterocycles. The van der Waals surface area contributed by atoms with Crippen molar-refractivity contribution in [3.63, 3.8) is 0 Å². The number of nitro groups is 1. The third-order valence-corrected chi connectivity index (χ3v) is 3.35. The van der Waals surface area contributed by atoms with Crippen molar-refractivity contribution >= 4 is 27.9 Å². The molecule has 0 unspecified atom stereocenters. The molecule has 0 saturated carbocycles. The van der Waals surface area contributed by atoms with Gasteiger partial charge in [0, 0.05) is 24.3 Å². The molecule has 1 N–H and O–H groups in total. The topological polar surface area (TPSA) is 85.4 Å². The van der Waals surface area contributed by atoms with Crippen LogP contribution in [0.5, 0.6) is 0 Å². The second kappa shape index (κ2) is 4.65.